The molecule has 0 bridgehead atoms. The maximum Gasteiger partial charge on any atom is 0.296 e. The number of aliphatic hydroxyl groups is 1. The zero-order valence-corrected chi connectivity index (χ0v) is 11.7. The second-order valence-corrected chi connectivity index (χ2v) is 5.39. The van der Waals surface area contributed by atoms with Crippen LogP contribution in [-0.2, 0) is 4.79 Å². The highest BCUT2D eigenvalue weighted by Gasteiger charge is 2.22. The summed E-state index contributed by atoms with van der Waals surface area (Å²) in [6.45, 7) is 6.00. The molecule has 0 spiro atoms. The molecule has 0 aromatic heterocycles. The molecule has 3 nitrogen and oxygen atoms in total. The number of benzene rings is 1. The Morgan fingerprint density at radius 2 is 2.00 bits per heavy atom. The third-order valence-corrected chi connectivity index (χ3v) is 2.57. The van der Waals surface area contributed by atoms with Crippen LogP contribution in [0.15, 0.2) is 30.3 Å². The average Bonchev–Trinajstić information content (AvgIpc) is 2.34. The van der Waals surface area contributed by atoms with Crippen molar-refractivity contribution in [3.05, 3.63) is 35.9 Å². The van der Waals surface area contributed by atoms with Gasteiger partial charge in [0.25, 0.3) is 5.91 Å². The fraction of sp³-hybridized carbons (Fsp3) is 0.438. The van der Waals surface area contributed by atoms with Gasteiger partial charge in [0.2, 0.25) is 0 Å². The minimum Gasteiger partial charge on any atom is -0.388 e. The van der Waals surface area contributed by atoms with E-state index >= 15 is 0 Å². The molecule has 1 amide bonds. The molecule has 102 valence electrons. The molecule has 2 N–H and O–H groups in total. The zero-order valence-electron chi connectivity index (χ0n) is 11.7. The van der Waals surface area contributed by atoms with Crippen molar-refractivity contribution in [3.8, 4) is 11.8 Å². The van der Waals surface area contributed by atoms with Gasteiger partial charge in [0.05, 0.1) is 5.60 Å². The van der Waals surface area contributed by atoms with Gasteiger partial charge >= 0.3 is 0 Å². The van der Waals surface area contributed by atoms with Crippen molar-refractivity contribution in [2.45, 2.75) is 32.8 Å². The molecule has 1 unspecified atom stereocenters. The molecule has 1 atom stereocenters. The fourth-order valence-electron chi connectivity index (χ4n) is 1.92. The molecular formula is C16H21NO2. The van der Waals surface area contributed by atoms with Crippen molar-refractivity contribution in [1.82, 2.24) is 5.32 Å². The fourth-order valence-corrected chi connectivity index (χ4v) is 1.92. The number of nitrogens with one attached hydrogen (secondary N) is 1. The van der Waals surface area contributed by atoms with Crippen LogP contribution in [0.3, 0.4) is 0 Å². The lowest BCUT2D eigenvalue weighted by Crippen LogP contribution is -2.41. The Morgan fingerprint density at radius 3 is 2.58 bits per heavy atom. The first-order valence-corrected chi connectivity index (χ1v) is 6.46. The predicted molar refractivity (Wildman–Crippen MR) is 76.4 cm³/mol. The number of hydrogen-bond donors (Lipinski definition) is 2. The monoisotopic (exact) mass is 259 g/mol. The van der Waals surface area contributed by atoms with Crippen LogP contribution in [0.1, 0.15) is 32.8 Å². The Bertz CT molecular complexity index is 467. The maximum absolute atomic E-state index is 11.6. The van der Waals surface area contributed by atoms with E-state index in [1.807, 2.05) is 44.2 Å². The van der Waals surface area contributed by atoms with Crippen LogP contribution in [0.25, 0.3) is 0 Å². The largest absolute Gasteiger partial charge is 0.388 e. The van der Waals surface area contributed by atoms with Crippen molar-refractivity contribution in [2.75, 3.05) is 6.54 Å². The molecule has 0 aliphatic rings. The molecule has 0 heterocycles. The van der Waals surface area contributed by atoms with Crippen molar-refractivity contribution in [2.24, 2.45) is 5.92 Å². The first kappa shape index (κ1) is 15.3. The summed E-state index contributed by atoms with van der Waals surface area (Å²) in [5.41, 5.74) is -0.0929. The van der Waals surface area contributed by atoms with E-state index in [1.165, 1.54) is 0 Å². The van der Waals surface area contributed by atoms with Crippen LogP contribution in [0.2, 0.25) is 0 Å². The van der Waals surface area contributed by atoms with Gasteiger partial charge in [0.1, 0.15) is 0 Å². The Labute approximate surface area is 115 Å². The minimum absolute atomic E-state index is 0.216. The lowest BCUT2D eigenvalue weighted by Gasteiger charge is -2.24. The number of amides is 1. The highest BCUT2D eigenvalue weighted by atomic mass is 16.3. The third-order valence-electron chi connectivity index (χ3n) is 2.57. The summed E-state index contributed by atoms with van der Waals surface area (Å²) in [7, 11) is 0. The van der Waals surface area contributed by atoms with E-state index in [4.69, 9.17) is 0 Å². The van der Waals surface area contributed by atoms with Crippen LogP contribution >= 0.6 is 0 Å². The molecule has 1 aromatic rings. The van der Waals surface area contributed by atoms with Gasteiger partial charge in [-0.15, -0.1) is 0 Å². The Balaban J connectivity index is 2.47. The molecule has 0 aliphatic heterocycles. The quantitative estimate of drug-likeness (QED) is 0.812. The highest BCUT2D eigenvalue weighted by Crippen LogP contribution is 2.14. The molecule has 0 fully saturated rings. The Kier molecular flexibility index (Phi) is 5.59. The summed E-state index contributed by atoms with van der Waals surface area (Å²) >= 11 is 0. The van der Waals surface area contributed by atoms with Crippen LogP contribution in [-0.4, -0.2) is 23.2 Å². The Hall–Kier alpha value is -1.79. The molecule has 0 radical (unpaired) electrons. The predicted octanol–water partition coefficient (Wildman–Crippen LogP) is 1.95. The lowest BCUT2D eigenvalue weighted by molar-refractivity contribution is -0.116. The van der Waals surface area contributed by atoms with E-state index in [1.54, 1.807) is 6.92 Å². The first-order chi connectivity index (χ1) is 8.89. The summed E-state index contributed by atoms with van der Waals surface area (Å²) < 4.78 is 0. The van der Waals surface area contributed by atoms with E-state index < -0.39 is 5.60 Å². The van der Waals surface area contributed by atoms with Crippen molar-refractivity contribution >= 4 is 5.91 Å². The molecule has 19 heavy (non-hydrogen) atoms. The first-order valence-electron chi connectivity index (χ1n) is 6.46. The highest BCUT2D eigenvalue weighted by molar-refractivity contribution is 5.94. The number of rotatable bonds is 4. The van der Waals surface area contributed by atoms with E-state index in [-0.39, 0.29) is 12.5 Å². The van der Waals surface area contributed by atoms with Crippen LogP contribution in [0, 0.1) is 17.8 Å². The Morgan fingerprint density at radius 1 is 1.37 bits per heavy atom. The van der Waals surface area contributed by atoms with Crippen LogP contribution in [0.5, 0.6) is 0 Å². The number of hydrogen-bond acceptors (Lipinski definition) is 2. The summed E-state index contributed by atoms with van der Waals surface area (Å²) in [6, 6.07) is 9.32. The molecule has 1 rings (SSSR count). The number of carbonyl (C=O) groups excluding carboxylic acids is 1. The van der Waals surface area contributed by atoms with Gasteiger partial charge in [0.15, 0.2) is 0 Å². The van der Waals surface area contributed by atoms with Gasteiger partial charge in [0, 0.05) is 18.0 Å². The van der Waals surface area contributed by atoms with E-state index in [0.29, 0.717) is 12.3 Å². The van der Waals surface area contributed by atoms with Gasteiger partial charge < -0.3 is 10.4 Å². The third kappa shape index (κ3) is 6.64. The van der Waals surface area contributed by atoms with Gasteiger partial charge in [-0.25, -0.2) is 0 Å². The lowest BCUT2D eigenvalue weighted by atomic mass is 9.94. The number of carbonyl (C=O) groups is 1. The summed E-state index contributed by atoms with van der Waals surface area (Å²) in [5.74, 6) is 5.30. The zero-order chi connectivity index (χ0) is 14.3. The van der Waals surface area contributed by atoms with Gasteiger partial charge in [-0.3, -0.25) is 4.79 Å². The van der Waals surface area contributed by atoms with Gasteiger partial charge in [-0.05, 0) is 31.4 Å². The smallest absolute Gasteiger partial charge is 0.296 e. The standard InChI is InChI=1S/C16H21NO2/c1-13(2)11-16(3,19)12-17-15(18)10-9-14-7-5-4-6-8-14/h4-8,13,19H,11-12H2,1-3H3,(H,17,18). The maximum atomic E-state index is 11.6. The summed E-state index contributed by atoms with van der Waals surface area (Å²) in [6.07, 6.45) is 0.638. The van der Waals surface area contributed by atoms with E-state index in [9.17, 15) is 9.90 Å². The normalized spacial score (nSPS) is 13.3. The SMILES string of the molecule is CC(C)CC(C)(O)CNC(=O)C#Cc1ccccc1. The van der Waals surface area contributed by atoms with Crippen molar-refractivity contribution in [3.63, 3.8) is 0 Å². The molecule has 0 aliphatic carbocycles. The minimum atomic E-state index is -0.891. The second kappa shape index (κ2) is 6.96. The topological polar surface area (TPSA) is 49.3 Å². The second-order valence-electron chi connectivity index (χ2n) is 5.39. The molecular weight excluding hydrogens is 238 g/mol. The van der Waals surface area contributed by atoms with Crippen molar-refractivity contribution in [1.29, 1.82) is 0 Å². The van der Waals surface area contributed by atoms with Gasteiger partial charge in [-0.2, -0.15) is 0 Å². The molecule has 1 aromatic carbocycles. The van der Waals surface area contributed by atoms with Crippen molar-refractivity contribution < 1.29 is 9.90 Å². The summed E-state index contributed by atoms with van der Waals surface area (Å²) in [4.78, 5) is 11.6. The molecule has 0 saturated heterocycles. The summed E-state index contributed by atoms with van der Waals surface area (Å²) in [5, 5.41) is 12.7. The molecule has 0 saturated carbocycles. The average molecular weight is 259 g/mol. The molecule has 3 heteroatoms. The van der Waals surface area contributed by atoms with Crippen LogP contribution < -0.4 is 5.32 Å². The van der Waals surface area contributed by atoms with E-state index in [0.717, 1.165) is 5.56 Å². The van der Waals surface area contributed by atoms with E-state index in [2.05, 4.69) is 17.2 Å². The van der Waals surface area contributed by atoms with Gasteiger partial charge in [-0.1, -0.05) is 38.0 Å². The van der Waals surface area contributed by atoms with Crippen LogP contribution in [0.4, 0.5) is 0 Å².